The molecule has 0 unspecified atom stereocenters. The molecule has 0 aliphatic carbocycles. The lowest BCUT2D eigenvalue weighted by atomic mass is 9.98. The minimum Gasteiger partial charge on any atom is -0.288 e. The summed E-state index contributed by atoms with van der Waals surface area (Å²) in [5.41, 5.74) is 5.04. The van der Waals surface area contributed by atoms with Crippen molar-refractivity contribution in [3.63, 3.8) is 0 Å². The maximum atomic E-state index is 11.5. The van der Waals surface area contributed by atoms with Gasteiger partial charge in [0.15, 0.2) is 0 Å². The summed E-state index contributed by atoms with van der Waals surface area (Å²) in [6, 6.07) is 15.1. The first-order valence-electron chi connectivity index (χ1n) is 5.33. The van der Waals surface area contributed by atoms with Crippen LogP contribution in [0, 0.1) is 6.92 Å². The lowest BCUT2D eigenvalue weighted by Crippen LogP contribution is -2.19. The Morgan fingerprint density at radius 2 is 1.71 bits per heavy atom. The summed E-state index contributed by atoms with van der Waals surface area (Å²) < 4.78 is 0. The van der Waals surface area contributed by atoms with Crippen molar-refractivity contribution in [3.05, 3.63) is 59.7 Å². The topological polar surface area (TPSA) is 49.3 Å². The van der Waals surface area contributed by atoms with Crippen LogP contribution in [0.2, 0.25) is 0 Å². The summed E-state index contributed by atoms with van der Waals surface area (Å²) >= 11 is 0. The van der Waals surface area contributed by atoms with Crippen LogP contribution in [0.3, 0.4) is 0 Å². The summed E-state index contributed by atoms with van der Waals surface area (Å²) in [7, 11) is 0. The Balaban J connectivity index is 2.51. The maximum absolute atomic E-state index is 11.5. The molecule has 17 heavy (non-hydrogen) atoms. The van der Waals surface area contributed by atoms with Gasteiger partial charge in [-0.15, -0.1) is 0 Å². The van der Waals surface area contributed by atoms with E-state index in [1.54, 1.807) is 17.6 Å². The van der Waals surface area contributed by atoms with Gasteiger partial charge in [-0.05, 0) is 24.1 Å². The van der Waals surface area contributed by atoms with Gasteiger partial charge >= 0.3 is 0 Å². The highest BCUT2D eigenvalue weighted by Gasteiger charge is 2.10. The summed E-state index contributed by atoms with van der Waals surface area (Å²) in [5, 5.41) is 8.70. The summed E-state index contributed by atoms with van der Waals surface area (Å²) in [6.45, 7) is 2.01. The molecule has 3 heteroatoms. The van der Waals surface area contributed by atoms with Crippen LogP contribution >= 0.6 is 0 Å². The van der Waals surface area contributed by atoms with Crippen molar-refractivity contribution < 1.29 is 10.0 Å². The second-order valence-corrected chi connectivity index (χ2v) is 3.85. The fraction of sp³-hybridized carbons (Fsp3) is 0.0714. The first-order chi connectivity index (χ1) is 8.22. The van der Waals surface area contributed by atoms with Crippen LogP contribution in [0.25, 0.3) is 11.1 Å². The van der Waals surface area contributed by atoms with E-state index in [2.05, 4.69) is 0 Å². The van der Waals surface area contributed by atoms with Crippen LogP contribution in [0.1, 0.15) is 15.9 Å². The van der Waals surface area contributed by atoms with Gasteiger partial charge in [-0.25, -0.2) is 5.48 Å². The Labute approximate surface area is 99.7 Å². The number of aryl methyl sites for hydroxylation is 1. The number of amides is 1. The zero-order valence-corrected chi connectivity index (χ0v) is 9.47. The maximum Gasteiger partial charge on any atom is 0.275 e. The summed E-state index contributed by atoms with van der Waals surface area (Å²) in [6.07, 6.45) is 0. The molecule has 0 heterocycles. The lowest BCUT2D eigenvalue weighted by Gasteiger charge is -2.08. The van der Waals surface area contributed by atoms with Crippen molar-refractivity contribution in [3.8, 4) is 11.1 Å². The Morgan fingerprint density at radius 3 is 2.35 bits per heavy atom. The van der Waals surface area contributed by atoms with Gasteiger partial charge < -0.3 is 0 Å². The number of hydrogen-bond donors (Lipinski definition) is 2. The third-order valence-electron chi connectivity index (χ3n) is 2.64. The first-order valence-corrected chi connectivity index (χ1v) is 5.33. The molecule has 2 rings (SSSR count). The summed E-state index contributed by atoms with van der Waals surface area (Å²) in [5.74, 6) is -0.499. The number of carbonyl (C=O) groups excluding carboxylic acids is 1. The standard InChI is InChI=1S/C14H13NO2/c1-10-6-8-11(9-7-10)12-4-2-3-5-13(12)14(16)15-17/h2-9,17H,1H3,(H,15,16). The SMILES string of the molecule is Cc1ccc(-c2ccccc2C(=O)NO)cc1. The molecule has 2 aromatic rings. The predicted molar refractivity (Wildman–Crippen MR) is 65.9 cm³/mol. The van der Waals surface area contributed by atoms with Gasteiger partial charge in [0.1, 0.15) is 0 Å². The molecule has 3 nitrogen and oxygen atoms in total. The summed E-state index contributed by atoms with van der Waals surface area (Å²) in [4.78, 5) is 11.5. The van der Waals surface area contributed by atoms with Crippen LogP contribution in [0.4, 0.5) is 0 Å². The predicted octanol–water partition coefficient (Wildman–Crippen LogP) is 2.78. The molecule has 0 spiro atoms. The van der Waals surface area contributed by atoms with E-state index >= 15 is 0 Å². The Hall–Kier alpha value is -2.13. The zero-order chi connectivity index (χ0) is 12.3. The van der Waals surface area contributed by atoms with Gasteiger partial charge in [-0.1, -0.05) is 48.0 Å². The first kappa shape index (κ1) is 11.4. The zero-order valence-electron chi connectivity index (χ0n) is 9.47. The van der Waals surface area contributed by atoms with Gasteiger partial charge in [-0.2, -0.15) is 0 Å². The van der Waals surface area contributed by atoms with Crippen molar-refractivity contribution in [1.29, 1.82) is 0 Å². The van der Waals surface area contributed by atoms with Gasteiger partial charge in [-0.3, -0.25) is 10.0 Å². The molecule has 86 valence electrons. The fourth-order valence-corrected chi connectivity index (χ4v) is 1.73. The number of carbonyl (C=O) groups is 1. The molecule has 0 saturated carbocycles. The molecule has 2 N–H and O–H groups in total. The quantitative estimate of drug-likeness (QED) is 0.612. The van der Waals surface area contributed by atoms with Crippen molar-refractivity contribution in [2.24, 2.45) is 0 Å². The fourth-order valence-electron chi connectivity index (χ4n) is 1.73. The van der Waals surface area contributed by atoms with Crippen molar-refractivity contribution in [2.45, 2.75) is 6.92 Å². The molecular weight excluding hydrogens is 214 g/mol. The smallest absolute Gasteiger partial charge is 0.275 e. The third-order valence-corrected chi connectivity index (χ3v) is 2.64. The number of hydroxylamine groups is 1. The number of benzene rings is 2. The largest absolute Gasteiger partial charge is 0.288 e. The van der Waals surface area contributed by atoms with Crippen molar-refractivity contribution in [2.75, 3.05) is 0 Å². The highest BCUT2D eigenvalue weighted by molar-refractivity contribution is 6.00. The Morgan fingerprint density at radius 1 is 1.06 bits per heavy atom. The average Bonchev–Trinajstić information content (AvgIpc) is 2.39. The minimum absolute atomic E-state index is 0.457. The number of rotatable bonds is 2. The van der Waals surface area contributed by atoms with Crippen LogP contribution < -0.4 is 5.48 Å². The molecular formula is C14H13NO2. The number of nitrogens with one attached hydrogen (secondary N) is 1. The molecule has 2 aromatic carbocycles. The van der Waals surface area contributed by atoms with Gasteiger partial charge in [0.2, 0.25) is 0 Å². The minimum atomic E-state index is -0.499. The van der Waals surface area contributed by atoms with Crippen LogP contribution in [0.5, 0.6) is 0 Å². The van der Waals surface area contributed by atoms with E-state index in [-0.39, 0.29) is 0 Å². The second-order valence-electron chi connectivity index (χ2n) is 3.85. The molecule has 0 atom stereocenters. The Kier molecular flexibility index (Phi) is 3.21. The molecule has 0 bridgehead atoms. The second kappa shape index (κ2) is 4.80. The molecule has 0 radical (unpaired) electrons. The van der Waals surface area contributed by atoms with Crippen LogP contribution in [-0.2, 0) is 0 Å². The van der Waals surface area contributed by atoms with E-state index in [0.29, 0.717) is 5.56 Å². The highest BCUT2D eigenvalue weighted by Crippen LogP contribution is 2.23. The van der Waals surface area contributed by atoms with E-state index in [0.717, 1.165) is 16.7 Å². The molecule has 0 aromatic heterocycles. The monoisotopic (exact) mass is 227 g/mol. The molecule has 0 saturated heterocycles. The Bertz CT molecular complexity index is 532. The van der Waals surface area contributed by atoms with E-state index < -0.39 is 5.91 Å². The average molecular weight is 227 g/mol. The van der Waals surface area contributed by atoms with E-state index in [1.807, 2.05) is 43.3 Å². The molecule has 0 aliphatic heterocycles. The highest BCUT2D eigenvalue weighted by atomic mass is 16.5. The molecule has 0 fully saturated rings. The van der Waals surface area contributed by atoms with Crippen LogP contribution in [0.15, 0.2) is 48.5 Å². The normalized spacial score (nSPS) is 10.0. The van der Waals surface area contributed by atoms with Crippen molar-refractivity contribution >= 4 is 5.91 Å². The third kappa shape index (κ3) is 2.34. The van der Waals surface area contributed by atoms with E-state index in [9.17, 15) is 4.79 Å². The van der Waals surface area contributed by atoms with Gasteiger partial charge in [0, 0.05) is 5.56 Å². The van der Waals surface area contributed by atoms with Gasteiger partial charge in [0.25, 0.3) is 5.91 Å². The molecule has 1 amide bonds. The number of hydrogen-bond acceptors (Lipinski definition) is 2. The van der Waals surface area contributed by atoms with E-state index in [4.69, 9.17) is 5.21 Å². The molecule has 0 aliphatic rings. The van der Waals surface area contributed by atoms with Gasteiger partial charge in [0.05, 0.1) is 0 Å². The van der Waals surface area contributed by atoms with Crippen LogP contribution in [-0.4, -0.2) is 11.1 Å². The van der Waals surface area contributed by atoms with Crippen molar-refractivity contribution in [1.82, 2.24) is 5.48 Å². The lowest BCUT2D eigenvalue weighted by molar-refractivity contribution is 0.0707. The van der Waals surface area contributed by atoms with E-state index in [1.165, 1.54) is 0 Å².